The number of aliphatic carboxylic acids is 1. The highest BCUT2D eigenvalue weighted by Gasteiger charge is 2.15. The molecular formula is C11H15N3O5S. The fourth-order valence-electron chi connectivity index (χ4n) is 1.25. The van der Waals surface area contributed by atoms with Crippen LogP contribution in [0.5, 0.6) is 0 Å². The number of rotatable bonds is 6. The van der Waals surface area contributed by atoms with E-state index in [-0.39, 0.29) is 0 Å². The van der Waals surface area contributed by atoms with E-state index in [9.17, 15) is 14.4 Å². The summed E-state index contributed by atoms with van der Waals surface area (Å²) in [4.78, 5) is 39.5. The van der Waals surface area contributed by atoms with Gasteiger partial charge in [0.1, 0.15) is 13.2 Å². The first-order valence-corrected chi connectivity index (χ1v) is 6.51. The molecule has 1 rings (SSSR count). The first-order chi connectivity index (χ1) is 9.40. The Labute approximate surface area is 119 Å². The fourth-order valence-corrected chi connectivity index (χ4v) is 2.08. The van der Waals surface area contributed by atoms with Crippen LogP contribution in [0.3, 0.4) is 0 Å². The second-order valence-corrected chi connectivity index (χ2v) is 4.90. The van der Waals surface area contributed by atoms with E-state index < -0.39 is 31.1 Å². The number of aromatic nitrogens is 1. The molecule has 2 N–H and O–H groups in total. The number of aryl methyl sites for hydroxylation is 1. The largest absolute Gasteiger partial charge is 0.480 e. The lowest BCUT2D eigenvalue weighted by Gasteiger charge is -2.16. The smallest absolute Gasteiger partial charge is 0.329 e. The third kappa shape index (κ3) is 5.33. The zero-order valence-electron chi connectivity index (χ0n) is 11.1. The molecule has 9 heteroatoms. The molecule has 20 heavy (non-hydrogen) atoms. The van der Waals surface area contributed by atoms with Gasteiger partial charge in [0, 0.05) is 11.9 Å². The van der Waals surface area contributed by atoms with Gasteiger partial charge in [0.05, 0.1) is 17.7 Å². The minimum atomic E-state index is -1.18. The molecular weight excluding hydrogens is 286 g/mol. The quantitative estimate of drug-likeness (QED) is 0.778. The van der Waals surface area contributed by atoms with Gasteiger partial charge >= 0.3 is 12.0 Å². The van der Waals surface area contributed by atoms with Crippen LogP contribution in [0.25, 0.3) is 0 Å². The second kappa shape index (κ2) is 7.56. The molecule has 0 saturated carbocycles. The monoisotopic (exact) mass is 301 g/mol. The van der Waals surface area contributed by atoms with E-state index in [2.05, 4.69) is 15.0 Å². The molecule has 3 amide bonds. The zero-order valence-corrected chi connectivity index (χ0v) is 11.9. The van der Waals surface area contributed by atoms with Crippen molar-refractivity contribution in [3.05, 3.63) is 16.1 Å². The van der Waals surface area contributed by atoms with E-state index in [1.165, 1.54) is 16.2 Å². The number of carbonyl (C=O) groups excluding carboxylic acids is 2. The number of carboxylic acids is 1. The predicted octanol–water partition coefficient (Wildman–Crippen LogP) is 0.221. The highest BCUT2D eigenvalue weighted by Crippen LogP contribution is 2.13. The summed E-state index contributed by atoms with van der Waals surface area (Å²) in [5, 5.41) is 10.4. The number of nitrogens with zero attached hydrogens (tertiary/aromatic N) is 2. The maximum atomic E-state index is 11.7. The lowest BCUT2D eigenvalue weighted by atomic mass is 10.4. The molecule has 0 saturated heterocycles. The number of ether oxygens (including phenoxy) is 1. The Bertz CT molecular complexity index is 502. The summed E-state index contributed by atoms with van der Waals surface area (Å²) in [7, 11) is 1.54. The molecule has 1 aromatic rings. The topological polar surface area (TPSA) is 109 Å². The van der Waals surface area contributed by atoms with Crippen LogP contribution in [-0.4, -0.2) is 53.2 Å². The molecule has 1 heterocycles. The molecule has 110 valence electrons. The van der Waals surface area contributed by atoms with Crippen molar-refractivity contribution in [2.75, 3.05) is 20.3 Å². The number of carbonyl (C=O) groups is 3. The average Bonchev–Trinajstić information content (AvgIpc) is 2.74. The lowest BCUT2D eigenvalue weighted by molar-refractivity contribution is -0.143. The number of nitrogens with one attached hydrogen (secondary N) is 1. The van der Waals surface area contributed by atoms with Crippen molar-refractivity contribution in [2.45, 2.75) is 13.5 Å². The van der Waals surface area contributed by atoms with Crippen molar-refractivity contribution >= 4 is 29.2 Å². The van der Waals surface area contributed by atoms with Crippen molar-refractivity contribution in [1.29, 1.82) is 0 Å². The van der Waals surface area contributed by atoms with Crippen molar-refractivity contribution in [2.24, 2.45) is 0 Å². The molecule has 0 aliphatic carbocycles. The number of hydrogen-bond acceptors (Lipinski definition) is 6. The van der Waals surface area contributed by atoms with Gasteiger partial charge in [-0.15, -0.1) is 11.3 Å². The van der Waals surface area contributed by atoms with Gasteiger partial charge < -0.3 is 14.7 Å². The maximum Gasteiger partial charge on any atom is 0.329 e. The molecule has 0 aliphatic rings. The van der Waals surface area contributed by atoms with Crippen LogP contribution < -0.4 is 5.32 Å². The van der Waals surface area contributed by atoms with E-state index in [4.69, 9.17) is 5.11 Å². The van der Waals surface area contributed by atoms with Crippen LogP contribution in [0, 0.1) is 6.92 Å². The predicted molar refractivity (Wildman–Crippen MR) is 70.3 cm³/mol. The summed E-state index contributed by atoms with van der Waals surface area (Å²) in [5.74, 6) is -1.87. The van der Waals surface area contributed by atoms with E-state index in [1.807, 2.05) is 6.92 Å². The standard InChI is InChI=1S/C11H15N3O5S/c1-7-8(20-6-12-7)3-14(2)11(18)13-9(15)4-19-5-10(16)17/h6H,3-5H2,1-2H3,(H,16,17)(H,13,15,18). The minimum absolute atomic E-state index is 0.339. The van der Waals surface area contributed by atoms with Crippen molar-refractivity contribution < 1.29 is 24.2 Å². The van der Waals surface area contributed by atoms with Gasteiger partial charge in [-0.25, -0.2) is 14.6 Å². The Morgan fingerprint density at radius 1 is 1.45 bits per heavy atom. The summed E-state index contributed by atoms with van der Waals surface area (Å²) >= 11 is 1.42. The summed E-state index contributed by atoms with van der Waals surface area (Å²) in [5.41, 5.74) is 2.52. The van der Waals surface area contributed by atoms with Crippen LogP contribution in [-0.2, 0) is 20.9 Å². The normalized spacial score (nSPS) is 10.1. The van der Waals surface area contributed by atoms with Gasteiger partial charge in [0.15, 0.2) is 0 Å². The Morgan fingerprint density at radius 3 is 2.70 bits per heavy atom. The number of amides is 3. The van der Waals surface area contributed by atoms with Gasteiger partial charge in [-0.3, -0.25) is 10.1 Å². The highest BCUT2D eigenvalue weighted by molar-refractivity contribution is 7.09. The molecule has 0 unspecified atom stereocenters. The van der Waals surface area contributed by atoms with E-state index in [0.29, 0.717) is 6.54 Å². The molecule has 0 atom stereocenters. The Kier molecular flexibility index (Phi) is 6.07. The van der Waals surface area contributed by atoms with Crippen LogP contribution in [0.15, 0.2) is 5.51 Å². The fraction of sp³-hybridized carbons (Fsp3) is 0.455. The van der Waals surface area contributed by atoms with Gasteiger partial charge in [0.25, 0.3) is 5.91 Å². The number of urea groups is 1. The Hall–Kier alpha value is -2.00. The van der Waals surface area contributed by atoms with Gasteiger partial charge in [0.2, 0.25) is 0 Å². The van der Waals surface area contributed by atoms with E-state index in [0.717, 1.165) is 10.6 Å². The molecule has 0 spiro atoms. The van der Waals surface area contributed by atoms with Gasteiger partial charge in [-0.05, 0) is 6.92 Å². The molecule has 0 aromatic carbocycles. The number of hydrogen-bond donors (Lipinski definition) is 2. The first kappa shape index (κ1) is 16.1. The van der Waals surface area contributed by atoms with Crippen molar-refractivity contribution in [1.82, 2.24) is 15.2 Å². The molecule has 0 bridgehead atoms. The third-order valence-corrected chi connectivity index (χ3v) is 3.20. The zero-order chi connectivity index (χ0) is 15.1. The maximum absolute atomic E-state index is 11.7. The summed E-state index contributed by atoms with van der Waals surface area (Å²) in [6.07, 6.45) is 0. The third-order valence-electron chi connectivity index (χ3n) is 2.28. The summed E-state index contributed by atoms with van der Waals surface area (Å²) in [6, 6.07) is -0.582. The number of imide groups is 1. The molecule has 8 nitrogen and oxygen atoms in total. The van der Waals surface area contributed by atoms with E-state index >= 15 is 0 Å². The van der Waals surface area contributed by atoms with Crippen molar-refractivity contribution in [3.8, 4) is 0 Å². The minimum Gasteiger partial charge on any atom is -0.480 e. The lowest BCUT2D eigenvalue weighted by Crippen LogP contribution is -2.42. The molecule has 1 aromatic heterocycles. The van der Waals surface area contributed by atoms with Crippen LogP contribution in [0.1, 0.15) is 10.6 Å². The average molecular weight is 301 g/mol. The highest BCUT2D eigenvalue weighted by atomic mass is 32.1. The van der Waals surface area contributed by atoms with Gasteiger partial charge in [-0.2, -0.15) is 0 Å². The van der Waals surface area contributed by atoms with Crippen LogP contribution >= 0.6 is 11.3 Å². The summed E-state index contributed by atoms with van der Waals surface area (Å²) < 4.78 is 4.57. The van der Waals surface area contributed by atoms with Crippen LogP contribution in [0.2, 0.25) is 0 Å². The van der Waals surface area contributed by atoms with Gasteiger partial charge in [-0.1, -0.05) is 0 Å². The van der Waals surface area contributed by atoms with Crippen molar-refractivity contribution in [3.63, 3.8) is 0 Å². The molecule has 0 aliphatic heterocycles. The SMILES string of the molecule is Cc1ncsc1CN(C)C(=O)NC(=O)COCC(=O)O. The Balaban J connectivity index is 2.36. The first-order valence-electron chi connectivity index (χ1n) is 5.63. The number of carboxylic acid groups (broad SMARTS) is 1. The summed E-state index contributed by atoms with van der Waals surface area (Å²) in [6.45, 7) is 1.11. The second-order valence-electron chi connectivity index (χ2n) is 3.96. The molecule has 0 radical (unpaired) electrons. The molecule has 0 fully saturated rings. The van der Waals surface area contributed by atoms with Crippen LogP contribution in [0.4, 0.5) is 4.79 Å². The van der Waals surface area contributed by atoms with E-state index in [1.54, 1.807) is 12.6 Å². The number of thiazole rings is 1. The Morgan fingerprint density at radius 2 is 2.15 bits per heavy atom.